The van der Waals surface area contributed by atoms with Gasteiger partial charge in [-0.2, -0.15) is 5.26 Å². The van der Waals surface area contributed by atoms with Crippen LogP contribution in [0.15, 0.2) is 24.3 Å². The number of halogens is 1. The highest BCUT2D eigenvalue weighted by molar-refractivity contribution is 6.30. The molecule has 0 heterocycles. The SMILES string of the molecule is N#CC1CCCCC1Oc1cccc(Cl)c1. The third-order valence-corrected chi connectivity index (χ3v) is 3.19. The van der Waals surface area contributed by atoms with Crippen LogP contribution in [0.4, 0.5) is 0 Å². The van der Waals surface area contributed by atoms with Crippen LogP contribution in [0.5, 0.6) is 5.75 Å². The number of rotatable bonds is 2. The summed E-state index contributed by atoms with van der Waals surface area (Å²) in [5.74, 6) is 0.785. The van der Waals surface area contributed by atoms with E-state index < -0.39 is 0 Å². The molecular formula is C13H14ClNO. The highest BCUT2D eigenvalue weighted by atomic mass is 35.5. The maximum atomic E-state index is 9.04. The maximum Gasteiger partial charge on any atom is 0.121 e. The van der Waals surface area contributed by atoms with Gasteiger partial charge >= 0.3 is 0 Å². The summed E-state index contributed by atoms with van der Waals surface area (Å²) >= 11 is 5.89. The van der Waals surface area contributed by atoms with Gasteiger partial charge < -0.3 is 4.74 Å². The molecule has 2 rings (SSSR count). The van der Waals surface area contributed by atoms with Crippen molar-refractivity contribution in [3.05, 3.63) is 29.3 Å². The molecule has 0 N–H and O–H groups in total. The summed E-state index contributed by atoms with van der Waals surface area (Å²) in [6, 6.07) is 9.69. The number of hydrogen-bond acceptors (Lipinski definition) is 2. The van der Waals surface area contributed by atoms with Crippen molar-refractivity contribution in [1.29, 1.82) is 5.26 Å². The Morgan fingerprint density at radius 1 is 1.31 bits per heavy atom. The second kappa shape index (κ2) is 5.23. The highest BCUT2D eigenvalue weighted by Gasteiger charge is 2.26. The Hall–Kier alpha value is -1.20. The van der Waals surface area contributed by atoms with Crippen molar-refractivity contribution in [3.8, 4) is 11.8 Å². The van der Waals surface area contributed by atoms with Crippen LogP contribution >= 0.6 is 11.6 Å². The van der Waals surface area contributed by atoms with E-state index >= 15 is 0 Å². The van der Waals surface area contributed by atoms with Crippen molar-refractivity contribution in [2.45, 2.75) is 31.8 Å². The van der Waals surface area contributed by atoms with E-state index in [1.54, 1.807) is 6.07 Å². The molecule has 0 saturated heterocycles. The molecule has 0 spiro atoms. The minimum Gasteiger partial charge on any atom is -0.489 e. The van der Waals surface area contributed by atoms with Gasteiger partial charge in [0.25, 0.3) is 0 Å². The molecule has 1 aromatic carbocycles. The first-order chi connectivity index (χ1) is 7.79. The van der Waals surface area contributed by atoms with Gasteiger partial charge in [-0.05, 0) is 37.5 Å². The van der Waals surface area contributed by atoms with E-state index in [0.717, 1.165) is 31.4 Å². The molecule has 0 bridgehead atoms. The second-order valence-corrected chi connectivity index (χ2v) is 4.57. The molecule has 1 fully saturated rings. The Balaban J connectivity index is 2.05. The van der Waals surface area contributed by atoms with E-state index in [-0.39, 0.29) is 12.0 Å². The summed E-state index contributed by atoms with van der Waals surface area (Å²) in [5.41, 5.74) is 0. The van der Waals surface area contributed by atoms with E-state index in [9.17, 15) is 0 Å². The van der Waals surface area contributed by atoms with Crippen LogP contribution in [0.1, 0.15) is 25.7 Å². The predicted octanol–water partition coefficient (Wildman–Crippen LogP) is 3.80. The molecule has 0 aliphatic heterocycles. The standard InChI is InChI=1S/C13H14ClNO/c14-11-5-3-6-12(8-11)16-13-7-2-1-4-10(13)9-15/h3,5-6,8,10,13H,1-2,4,7H2. The van der Waals surface area contributed by atoms with Gasteiger partial charge in [-0.15, -0.1) is 0 Å². The molecule has 0 radical (unpaired) electrons. The van der Waals surface area contributed by atoms with Gasteiger partial charge in [-0.1, -0.05) is 24.1 Å². The average molecular weight is 236 g/mol. The summed E-state index contributed by atoms with van der Waals surface area (Å²) < 4.78 is 5.83. The van der Waals surface area contributed by atoms with E-state index in [4.69, 9.17) is 21.6 Å². The van der Waals surface area contributed by atoms with Gasteiger partial charge in [0.05, 0.1) is 12.0 Å². The summed E-state index contributed by atoms with van der Waals surface area (Å²) in [6.45, 7) is 0. The lowest BCUT2D eigenvalue weighted by molar-refractivity contribution is 0.120. The molecule has 1 saturated carbocycles. The Morgan fingerprint density at radius 3 is 2.88 bits per heavy atom. The third kappa shape index (κ3) is 2.68. The molecule has 0 aromatic heterocycles. The molecule has 1 aromatic rings. The summed E-state index contributed by atoms with van der Waals surface area (Å²) in [5, 5.41) is 9.71. The first-order valence-corrected chi connectivity index (χ1v) is 5.99. The van der Waals surface area contributed by atoms with Crippen LogP contribution in [0, 0.1) is 17.2 Å². The van der Waals surface area contributed by atoms with Crippen molar-refractivity contribution in [1.82, 2.24) is 0 Å². The molecule has 84 valence electrons. The summed E-state index contributed by atoms with van der Waals surface area (Å²) in [6.07, 6.45) is 4.21. The van der Waals surface area contributed by atoms with Crippen LogP contribution in [-0.4, -0.2) is 6.10 Å². The average Bonchev–Trinajstić information content (AvgIpc) is 2.30. The quantitative estimate of drug-likeness (QED) is 0.781. The van der Waals surface area contributed by atoms with E-state index in [1.165, 1.54) is 0 Å². The molecule has 0 amide bonds. The lowest BCUT2D eigenvalue weighted by Gasteiger charge is -2.27. The van der Waals surface area contributed by atoms with Crippen molar-refractivity contribution in [3.63, 3.8) is 0 Å². The van der Waals surface area contributed by atoms with Crippen molar-refractivity contribution in [2.24, 2.45) is 5.92 Å². The summed E-state index contributed by atoms with van der Waals surface area (Å²) in [7, 11) is 0. The Labute approximate surface area is 101 Å². The fraction of sp³-hybridized carbons (Fsp3) is 0.462. The van der Waals surface area contributed by atoms with Crippen LogP contribution in [0.25, 0.3) is 0 Å². The highest BCUT2D eigenvalue weighted by Crippen LogP contribution is 2.28. The van der Waals surface area contributed by atoms with Gasteiger partial charge in [-0.3, -0.25) is 0 Å². The molecule has 1 aliphatic rings. The van der Waals surface area contributed by atoms with Gasteiger partial charge in [0.15, 0.2) is 0 Å². The normalized spacial score (nSPS) is 24.8. The first kappa shape index (κ1) is 11.3. The van der Waals surface area contributed by atoms with E-state index in [1.807, 2.05) is 18.2 Å². The number of nitrogens with zero attached hydrogens (tertiary/aromatic N) is 1. The van der Waals surface area contributed by atoms with Crippen LogP contribution < -0.4 is 4.74 Å². The Morgan fingerprint density at radius 2 is 2.12 bits per heavy atom. The van der Waals surface area contributed by atoms with Crippen molar-refractivity contribution >= 4 is 11.6 Å². The maximum absolute atomic E-state index is 9.04. The molecule has 3 heteroatoms. The first-order valence-electron chi connectivity index (χ1n) is 5.61. The predicted molar refractivity (Wildman–Crippen MR) is 63.4 cm³/mol. The van der Waals surface area contributed by atoms with Crippen LogP contribution in [-0.2, 0) is 0 Å². The minimum absolute atomic E-state index is 0.0210. The zero-order valence-electron chi connectivity index (χ0n) is 9.03. The van der Waals surface area contributed by atoms with E-state index in [0.29, 0.717) is 5.02 Å². The zero-order valence-corrected chi connectivity index (χ0v) is 9.78. The largest absolute Gasteiger partial charge is 0.489 e. The van der Waals surface area contributed by atoms with Crippen LogP contribution in [0.3, 0.4) is 0 Å². The van der Waals surface area contributed by atoms with Gasteiger partial charge in [0, 0.05) is 5.02 Å². The second-order valence-electron chi connectivity index (χ2n) is 4.13. The van der Waals surface area contributed by atoms with Gasteiger partial charge in [0.2, 0.25) is 0 Å². The smallest absolute Gasteiger partial charge is 0.121 e. The molecule has 2 atom stereocenters. The number of benzene rings is 1. The number of ether oxygens (including phenoxy) is 1. The molecule has 16 heavy (non-hydrogen) atoms. The fourth-order valence-corrected chi connectivity index (χ4v) is 2.28. The summed E-state index contributed by atoms with van der Waals surface area (Å²) in [4.78, 5) is 0. The fourth-order valence-electron chi connectivity index (χ4n) is 2.10. The number of nitriles is 1. The molecular weight excluding hydrogens is 222 g/mol. The molecule has 2 unspecified atom stereocenters. The van der Waals surface area contributed by atoms with Gasteiger partial charge in [0.1, 0.15) is 11.9 Å². The minimum atomic E-state index is 0.0210. The third-order valence-electron chi connectivity index (χ3n) is 2.95. The lowest BCUT2D eigenvalue weighted by atomic mass is 9.87. The van der Waals surface area contributed by atoms with Crippen molar-refractivity contribution < 1.29 is 4.74 Å². The zero-order chi connectivity index (χ0) is 11.4. The van der Waals surface area contributed by atoms with Gasteiger partial charge in [-0.25, -0.2) is 0 Å². The number of hydrogen-bond donors (Lipinski definition) is 0. The lowest BCUT2D eigenvalue weighted by Crippen LogP contribution is -2.29. The topological polar surface area (TPSA) is 33.0 Å². The molecule has 1 aliphatic carbocycles. The van der Waals surface area contributed by atoms with Crippen molar-refractivity contribution in [2.75, 3.05) is 0 Å². The molecule has 2 nitrogen and oxygen atoms in total. The monoisotopic (exact) mass is 235 g/mol. The van der Waals surface area contributed by atoms with Crippen LogP contribution in [0.2, 0.25) is 5.02 Å². The Bertz CT molecular complexity index is 399. The van der Waals surface area contributed by atoms with E-state index in [2.05, 4.69) is 6.07 Å². The Kier molecular flexibility index (Phi) is 3.69.